The number of thiocarbonyl (C=S) groups is 1. The fourth-order valence-electron chi connectivity index (χ4n) is 2.47. The first-order valence-corrected chi connectivity index (χ1v) is 10.1. The first-order valence-electron chi connectivity index (χ1n) is 8.12. The number of hydrogen-bond donors (Lipinski definition) is 0. The van der Waals surface area contributed by atoms with Gasteiger partial charge in [-0.3, -0.25) is 14.5 Å². The van der Waals surface area contributed by atoms with Crippen LogP contribution in [0.2, 0.25) is 0 Å². The van der Waals surface area contributed by atoms with Gasteiger partial charge < -0.3 is 9.47 Å². The fraction of sp³-hybridized carbons (Fsp3) is 0.389. The predicted molar refractivity (Wildman–Crippen MR) is 111 cm³/mol. The highest BCUT2D eigenvalue weighted by atomic mass is 79.9. The lowest BCUT2D eigenvalue weighted by Gasteiger charge is -2.14. The van der Waals surface area contributed by atoms with Crippen molar-refractivity contribution in [3.63, 3.8) is 0 Å². The van der Waals surface area contributed by atoms with Crippen molar-refractivity contribution in [1.29, 1.82) is 0 Å². The molecule has 0 atom stereocenters. The van der Waals surface area contributed by atoms with Gasteiger partial charge in [-0.25, -0.2) is 0 Å². The average molecular weight is 458 g/mol. The van der Waals surface area contributed by atoms with E-state index >= 15 is 0 Å². The summed E-state index contributed by atoms with van der Waals surface area (Å²) in [6.07, 6.45) is 4.58. The van der Waals surface area contributed by atoms with Gasteiger partial charge in [0.15, 0.2) is 0 Å². The molecule has 0 radical (unpaired) electrons. The van der Waals surface area contributed by atoms with E-state index in [0.717, 1.165) is 29.3 Å². The van der Waals surface area contributed by atoms with Gasteiger partial charge in [-0.1, -0.05) is 46.3 Å². The van der Waals surface area contributed by atoms with Gasteiger partial charge in [-0.05, 0) is 37.1 Å². The van der Waals surface area contributed by atoms with Crippen LogP contribution in [0.1, 0.15) is 31.2 Å². The highest BCUT2D eigenvalue weighted by molar-refractivity contribution is 9.10. The number of thioether (sulfide) groups is 1. The van der Waals surface area contributed by atoms with E-state index < -0.39 is 0 Å². The Balaban J connectivity index is 1.98. The van der Waals surface area contributed by atoms with Crippen molar-refractivity contribution >= 4 is 62.2 Å². The first kappa shape index (κ1) is 20.9. The van der Waals surface area contributed by atoms with Crippen LogP contribution >= 0.6 is 39.9 Å². The maximum Gasteiger partial charge on any atom is 0.305 e. The Morgan fingerprint density at radius 2 is 2.08 bits per heavy atom. The monoisotopic (exact) mass is 457 g/mol. The van der Waals surface area contributed by atoms with Crippen LogP contribution < -0.4 is 4.74 Å². The summed E-state index contributed by atoms with van der Waals surface area (Å²) in [5.74, 6) is 0.401. The number of unbranched alkanes of at least 4 members (excludes halogenated alkanes) is 2. The number of halogens is 1. The third-order valence-electron chi connectivity index (χ3n) is 3.84. The molecule has 0 saturated carbocycles. The van der Waals surface area contributed by atoms with Crippen LogP contribution in [0.4, 0.5) is 0 Å². The lowest BCUT2D eigenvalue weighted by Crippen LogP contribution is -2.29. The van der Waals surface area contributed by atoms with Crippen molar-refractivity contribution in [2.75, 3.05) is 20.8 Å². The quantitative estimate of drug-likeness (QED) is 0.249. The third kappa shape index (κ3) is 5.56. The number of rotatable bonds is 8. The number of carbonyl (C=O) groups is 2. The molecule has 140 valence electrons. The van der Waals surface area contributed by atoms with Crippen LogP contribution in [-0.4, -0.2) is 41.9 Å². The Morgan fingerprint density at radius 1 is 1.31 bits per heavy atom. The van der Waals surface area contributed by atoms with E-state index in [-0.39, 0.29) is 11.9 Å². The molecule has 2 rings (SSSR count). The van der Waals surface area contributed by atoms with Crippen molar-refractivity contribution in [2.45, 2.75) is 25.7 Å². The Morgan fingerprint density at radius 3 is 2.77 bits per heavy atom. The second-order valence-corrected chi connectivity index (χ2v) is 8.20. The van der Waals surface area contributed by atoms with Crippen molar-refractivity contribution in [1.82, 2.24) is 4.90 Å². The van der Waals surface area contributed by atoms with E-state index in [0.29, 0.717) is 27.9 Å². The van der Waals surface area contributed by atoms with E-state index in [1.807, 2.05) is 18.2 Å². The molecule has 1 aliphatic rings. The lowest BCUT2D eigenvalue weighted by atomic mass is 10.1. The number of ether oxygens (including phenoxy) is 2. The smallest absolute Gasteiger partial charge is 0.305 e. The highest BCUT2D eigenvalue weighted by Crippen LogP contribution is 2.35. The Labute approximate surface area is 171 Å². The molecule has 1 aromatic carbocycles. The molecule has 5 nitrogen and oxygen atoms in total. The standard InChI is InChI=1S/C18H20BrNO4S2/c1-23-14-8-7-13(19)10-12(14)11-15-17(22)20(18(25)26-15)9-5-3-4-6-16(21)24-2/h7-8,10-11H,3-6,9H2,1-2H3/b15-11+. The minimum atomic E-state index is -0.207. The van der Waals surface area contributed by atoms with E-state index in [4.69, 9.17) is 17.0 Å². The van der Waals surface area contributed by atoms with Crippen molar-refractivity contribution in [2.24, 2.45) is 0 Å². The second kappa shape index (κ2) is 10.1. The summed E-state index contributed by atoms with van der Waals surface area (Å²) in [7, 11) is 2.98. The van der Waals surface area contributed by atoms with Gasteiger partial charge in [0.25, 0.3) is 5.91 Å². The Bertz CT molecular complexity index is 736. The van der Waals surface area contributed by atoms with Gasteiger partial charge in [-0.2, -0.15) is 0 Å². The fourth-order valence-corrected chi connectivity index (χ4v) is 4.15. The van der Waals surface area contributed by atoms with Crippen LogP contribution in [-0.2, 0) is 14.3 Å². The van der Waals surface area contributed by atoms with Gasteiger partial charge >= 0.3 is 5.97 Å². The van der Waals surface area contributed by atoms with Gasteiger partial charge in [0.2, 0.25) is 0 Å². The van der Waals surface area contributed by atoms with Gasteiger partial charge in [0, 0.05) is 23.0 Å². The zero-order valence-corrected chi connectivity index (χ0v) is 17.8. The molecule has 26 heavy (non-hydrogen) atoms. The maximum absolute atomic E-state index is 12.6. The largest absolute Gasteiger partial charge is 0.496 e. The zero-order chi connectivity index (χ0) is 19.1. The molecular formula is C18H20BrNO4S2. The molecule has 0 aliphatic carbocycles. The van der Waals surface area contributed by atoms with Crippen molar-refractivity contribution in [3.05, 3.63) is 33.1 Å². The molecule has 0 spiro atoms. The van der Waals surface area contributed by atoms with E-state index in [9.17, 15) is 9.59 Å². The van der Waals surface area contributed by atoms with Gasteiger partial charge in [0.1, 0.15) is 10.1 Å². The average Bonchev–Trinajstić information content (AvgIpc) is 2.88. The normalized spacial score (nSPS) is 15.7. The SMILES string of the molecule is COC(=O)CCCCCN1C(=O)/C(=C\c2cc(Br)ccc2OC)SC1=S. The van der Waals surface area contributed by atoms with Crippen LogP contribution in [0.15, 0.2) is 27.6 Å². The predicted octanol–water partition coefficient (Wildman–Crippen LogP) is 4.39. The minimum Gasteiger partial charge on any atom is -0.496 e. The number of amides is 1. The Hall–Kier alpha value is -1.38. The summed E-state index contributed by atoms with van der Waals surface area (Å²) in [5, 5.41) is 0. The molecule has 1 heterocycles. The molecule has 1 aliphatic heterocycles. The number of hydrogen-bond acceptors (Lipinski definition) is 6. The molecule has 1 fully saturated rings. The van der Waals surface area contributed by atoms with E-state index in [2.05, 4.69) is 20.7 Å². The Kier molecular flexibility index (Phi) is 8.12. The van der Waals surface area contributed by atoms with Gasteiger partial charge in [0.05, 0.1) is 19.1 Å². The summed E-state index contributed by atoms with van der Waals surface area (Å²) >= 11 is 10.1. The zero-order valence-electron chi connectivity index (χ0n) is 14.6. The third-order valence-corrected chi connectivity index (χ3v) is 5.71. The van der Waals surface area contributed by atoms with Crippen LogP contribution in [0.3, 0.4) is 0 Å². The first-order chi connectivity index (χ1) is 12.5. The van der Waals surface area contributed by atoms with E-state index in [1.165, 1.54) is 18.9 Å². The number of carbonyl (C=O) groups excluding carboxylic acids is 2. The topological polar surface area (TPSA) is 55.8 Å². The van der Waals surface area contributed by atoms with E-state index in [1.54, 1.807) is 18.1 Å². The summed E-state index contributed by atoms with van der Waals surface area (Å²) in [6.45, 7) is 0.554. The maximum atomic E-state index is 12.6. The van der Waals surface area contributed by atoms with Crippen LogP contribution in [0.5, 0.6) is 5.75 Å². The van der Waals surface area contributed by atoms with Gasteiger partial charge in [-0.15, -0.1) is 0 Å². The molecule has 0 N–H and O–H groups in total. The molecule has 0 aromatic heterocycles. The van der Waals surface area contributed by atoms with Crippen LogP contribution in [0.25, 0.3) is 6.08 Å². The molecule has 8 heteroatoms. The number of esters is 1. The van der Waals surface area contributed by atoms with Crippen molar-refractivity contribution < 1.29 is 19.1 Å². The minimum absolute atomic E-state index is 0.0880. The lowest BCUT2D eigenvalue weighted by molar-refractivity contribution is -0.140. The summed E-state index contributed by atoms with van der Waals surface area (Å²) < 4.78 is 11.4. The number of nitrogens with zero attached hydrogens (tertiary/aromatic N) is 1. The summed E-state index contributed by atoms with van der Waals surface area (Å²) in [5.41, 5.74) is 0.820. The number of methoxy groups -OCH3 is 2. The molecule has 1 amide bonds. The second-order valence-electron chi connectivity index (χ2n) is 5.61. The van der Waals surface area contributed by atoms with Crippen molar-refractivity contribution in [3.8, 4) is 5.75 Å². The van der Waals surface area contributed by atoms with Crippen LogP contribution in [0, 0.1) is 0 Å². The summed E-state index contributed by atoms with van der Waals surface area (Å²) in [4.78, 5) is 25.9. The molecule has 0 bridgehead atoms. The molecule has 1 saturated heterocycles. The summed E-state index contributed by atoms with van der Waals surface area (Å²) in [6, 6.07) is 5.63. The highest BCUT2D eigenvalue weighted by Gasteiger charge is 2.31. The molecule has 0 unspecified atom stereocenters. The molecule has 1 aromatic rings. The number of benzene rings is 1. The molecular weight excluding hydrogens is 438 g/mol.